The van der Waals surface area contributed by atoms with Crippen molar-refractivity contribution >= 4 is 12.0 Å². The van der Waals surface area contributed by atoms with Gasteiger partial charge in [0.15, 0.2) is 0 Å². The Balaban J connectivity index is 1.64. The molecule has 2 aromatic heterocycles. The van der Waals surface area contributed by atoms with Crippen LogP contribution in [0.15, 0.2) is 57.7 Å². The van der Waals surface area contributed by atoms with E-state index >= 15 is 0 Å². The first-order valence-electron chi connectivity index (χ1n) is 7.23. The molecule has 0 radical (unpaired) electrons. The summed E-state index contributed by atoms with van der Waals surface area (Å²) >= 11 is 0. The van der Waals surface area contributed by atoms with Crippen molar-refractivity contribution in [1.82, 2.24) is 15.5 Å². The molecule has 0 saturated heterocycles. The molecule has 2 heterocycles. The van der Waals surface area contributed by atoms with Crippen molar-refractivity contribution in [2.24, 2.45) is 0 Å². The molecule has 3 rings (SSSR count). The highest BCUT2D eigenvalue weighted by atomic mass is 19.1. The molecule has 0 aliphatic heterocycles. The molecule has 6 nitrogen and oxygen atoms in total. The van der Waals surface area contributed by atoms with Crippen LogP contribution in [0.1, 0.15) is 24.6 Å². The van der Waals surface area contributed by atoms with Gasteiger partial charge in [0.05, 0.1) is 6.26 Å². The van der Waals surface area contributed by atoms with Crippen LogP contribution in [0.25, 0.3) is 17.5 Å². The quantitative estimate of drug-likeness (QED) is 0.727. The summed E-state index contributed by atoms with van der Waals surface area (Å²) in [7, 11) is 0. The van der Waals surface area contributed by atoms with Crippen molar-refractivity contribution in [3.63, 3.8) is 0 Å². The molecule has 0 saturated carbocycles. The first-order chi connectivity index (χ1) is 11.6. The number of hydrogen-bond acceptors (Lipinski definition) is 5. The number of furan rings is 1. The number of carbonyl (C=O) groups is 1. The predicted octanol–water partition coefficient (Wildman–Crippen LogP) is 3.36. The van der Waals surface area contributed by atoms with Crippen LogP contribution in [0.2, 0.25) is 0 Å². The fourth-order valence-electron chi connectivity index (χ4n) is 1.99. The molecule has 24 heavy (non-hydrogen) atoms. The van der Waals surface area contributed by atoms with Crippen molar-refractivity contribution in [2.45, 2.75) is 13.0 Å². The van der Waals surface area contributed by atoms with Crippen molar-refractivity contribution in [3.05, 3.63) is 66.2 Å². The Bertz CT molecular complexity index is 838. The Hall–Kier alpha value is -3.22. The van der Waals surface area contributed by atoms with Gasteiger partial charge in [0.2, 0.25) is 17.6 Å². The monoisotopic (exact) mass is 327 g/mol. The Morgan fingerprint density at radius 1 is 1.29 bits per heavy atom. The second-order valence-corrected chi connectivity index (χ2v) is 5.04. The van der Waals surface area contributed by atoms with Crippen LogP contribution < -0.4 is 5.32 Å². The third-order valence-electron chi connectivity index (χ3n) is 3.22. The summed E-state index contributed by atoms with van der Waals surface area (Å²) in [4.78, 5) is 16.1. The summed E-state index contributed by atoms with van der Waals surface area (Å²) in [6.45, 7) is 1.72. The second-order valence-electron chi connectivity index (χ2n) is 5.04. The molecular formula is C17H14FN3O3. The van der Waals surface area contributed by atoms with Crippen LogP contribution in [0.5, 0.6) is 0 Å². The molecule has 0 unspecified atom stereocenters. The zero-order valence-electron chi connectivity index (χ0n) is 12.8. The molecule has 0 aliphatic rings. The molecule has 0 aliphatic carbocycles. The number of halogens is 1. The first-order valence-corrected chi connectivity index (χ1v) is 7.23. The zero-order valence-corrected chi connectivity index (χ0v) is 12.8. The van der Waals surface area contributed by atoms with Gasteiger partial charge >= 0.3 is 0 Å². The highest BCUT2D eigenvalue weighted by Crippen LogP contribution is 2.19. The number of benzene rings is 1. The van der Waals surface area contributed by atoms with Crippen LogP contribution in [0.4, 0.5) is 4.39 Å². The van der Waals surface area contributed by atoms with Gasteiger partial charge in [-0.3, -0.25) is 4.79 Å². The minimum Gasteiger partial charge on any atom is -0.465 e. The van der Waals surface area contributed by atoms with E-state index in [-0.39, 0.29) is 17.6 Å². The lowest BCUT2D eigenvalue weighted by Crippen LogP contribution is -2.24. The SMILES string of the molecule is C[C@@H](NC(=O)/C=C\c1ccco1)c1nc(-c2ccc(F)cc2)no1. The number of aromatic nitrogens is 2. The van der Waals surface area contributed by atoms with Gasteiger partial charge in [0.1, 0.15) is 17.6 Å². The molecule has 1 aromatic carbocycles. The normalized spacial score (nSPS) is 12.4. The summed E-state index contributed by atoms with van der Waals surface area (Å²) in [6, 6.07) is 8.74. The fourth-order valence-corrected chi connectivity index (χ4v) is 1.99. The molecule has 122 valence electrons. The highest BCUT2D eigenvalue weighted by molar-refractivity contribution is 5.91. The molecule has 1 amide bonds. The van der Waals surface area contributed by atoms with Gasteiger partial charge in [-0.1, -0.05) is 5.16 Å². The molecule has 0 fully saturated rings. The van der Waals surface area contributed by atoms with Gasteiger partial charge in [-0.2, -0.15) is 4.98 Å². The Morgan fingerprint density at radius 3 is 2.79 bits per heavy atom. The molecule has 3 aromatic rings. The Kier molecular flexibility index (Phi) is 4.51. The number of hydrogen-bond donors (Lipinski definition) is 1. The van der Waals surface area contributed by atoms with Gasteiger partial charge in [0.25, 0.3) is 0 Å². The molecule has 0 spiro atoms. The fraction of sp³-hybridized carbons (Fsp3) is 0.118. The largest absolute Gasteiger partial charge is 0.465 e. The average Bonchev–Trinajstić information content (AvgIpc) is 3.25. The maximum absolute atomic E-state index is 12.9. The van der Waals surface area contributed by atoms with Crippen LogP contribution in [0, 0.1) is 5.82 Å². The van der Waals surface area contributed by atoms with Crippen LogP contribution >= 0.6 is 0 Å². The molecule has 7 heteroatoms. The third kappa shape index (κ3) is 3.75. The van der Waals surface area contributed by atoms with Crippen LogP contribution in [0.3, 0.4) is 0 Å². The van der Waals surface area contributed by atoms with Crippen molar-refractivity contribution in [1.29, 1.82) is 0 Å². The standard InChI is InChI=1S/C17H14FN3O3/c1-11(19-15(22)9-8-14-3-2-10-23-14)17-20-16(21-24-17)12-4-6-13(18)7-5-12/h2-11H,1H3,(H,19,22)/b9-8-/t11-/m1/s1. The van der Waals surface area contributed by atoms with E-state index < -0.39 is 6.04 Å². The van der Waals surface area contributed by atoms with E-state index in [0.717, 1.165) is 0 Å². The molecule has 0 bridgehead atoms. The van der Waals surface area contributed by atoms with Gasteiger partial charge in [-0.25, -0.2) is 4.39 Å². The maximum atomic E-state index is 12.9. The van der Waals surface area contributed by atoms with E-state index in [4.69, 9.17) is 8.94 Å². The smallest absolute Gasteiger partial charge is 0.249 e. The zero-order chi connectivity index (χ0) is 16.9. The Labute approximate surface area is 137 Å². The summed E-state index contributed by atoms with van der Waals surface area (Å²) in [5, 5.41) is 6.55. The summed E-state index contributed by atoms with van der Waals surface area (Å²) in [5.74, 6) is 0.507. The summed E-state index contributed by atoms with van der Waals surface area (Å²) < 4.78 is 23.2. The summed E-state index contributed by atoms with van der Waals surface area (Å²) in [5.41, 5.74) is 0.627. The van der Waals surface area contributed by atoms with E-state index in [1.54, 1.807) is 37.3 Å². The lowest BCUT2D eigenvalue weighted by molar-refractivity contribution is -0.117. The second kappa shape index (κ2) is 6.91. The van der Waals surface area contributed by atoms with Gasteiger partial charge < -0.3 is 14.3 Å². The third-order valence-corrected chi connectivity index (χ3v) is 3.22. The molecule has 1 atom stereocenters. The van der Waals surface area contributed by atoms with E-state index in [1.165, 1.54) is 24.5 Å². The molecular weight excluding hydrogens is 313 g/mol. The van der Waals surface area contributed by atoms with Crippen molar-refractivity contribution < 1.29 is 18.1 Å². The maximum Gasteiger partial charge on any atom is 0.249 e. The predicted molar refractivity (Wildman–Crippen MR) is 84.0 cm³/mol. The van der Waals surface area contributed by atoms with Crippen LogP contribution in [-0.4, -0.2) is 16.0 Å². The lowest BCUT2D eigenvalue weighted by atomic mass is 10.2. The Morgan fingerprint density at radius 2 is 2.08 bits per heavy atom. The van der Waals surface area contributed by atoms with Crippen molar-refractivity contribution in [3.8, 4) is 11.4 Å². The van der Waals surface area contributed by atoms with E-state index in [0.29, 0.717) is 17.1 Å². The first kappa shape index (κ1) is 15.7. The topological polar surface area (TPSA) is 81.2 Å². The van der Waals surface area contributed by atoms with Crippen molar-refractivity contribution in [2.75, 3.05) is 0 Å². The number of rotatable bonds is 5. The van der Waals surface area contributed by atoms with Gasteiger partial charge in [-0.15, -0.1) is 0 Å². The van der Waals surface area contributed by atoms with Gasteiger partial charge in [-0.05, 0) is 49.4 Å². The van der Waals surface area contributed by atoms with E-state index in [9.17, 15) is 9.18 Å². The van der Waals surface area contributed by atoms with Crippen LogP contribution in [-0.2, 0) is 4.79 Å². The number of carbonyl (C=O) groups excluding carboxylic acids is 1. The highest BCUT2D eigenvalue weighted by Gasteiger charge is 2.16. The van der Waals surface area contributed by atoms with Gasteiger partial charge in [0, 0.05) is 11.6 Å². The minimum atomic E-state index is -0.472. The number of nitrogens with one attached hydrogen (secondary N) is 1. The minimum absolute atomic E-state index is 0.258. The number of amides is 1. The lowest BCUT2D eigenvalue weighted by Gasteiger charge is -2.06. The number of nitrogens with zero attached hydrogens (tertiary/aromatic N) is 2. The van der Waals surface area contributed by atoms with E-state index in [2.05, 4.69) is 15.5 Å². The average molecular weight is 327 g/mol. The summed E-state index contributed by atoms with van der Waals surface area (Å²) in [6.07, 6.45) is 4.43. The van der Waals surface area contributed by atoms with E-state index in [1.807, 2.05) is 0 Å². The molecule has 1 N–H and O–H groups in total.